The molecule has 1 unspecified atom stereocenters. The van der Waals surface area contributed by atoms with Gasteiger partial charge in [0.05, 0.1) is 0 Å². The highest BCUT2D eigenvalue weighted by Crippen LogP contribution is 2.21. The zero-order valence-electron chi connectivity index (χ0n) is 12.1. The molecule has 1 rings (SSSR count). The maximum absolute atomic E-state index is 12.0. The molecule has 0 aromatic heterocycles. The van der Waals surface area contributed by atoms with Crippen molar-refractivity contribution in [1.82, 2.24) is 10.6 Å². The van der Waals surface area contributed by atoms with E-state index in [2.05, 4.69) is 10.6 Å². The summed E-state index contributed by atoms with van der Waals surface area (Å²) in [7, 11) is 0. The van der Waals surface area contributed by atoms with E-state index in [0.717, 1.165) is 0 Å². The molecule has 0 spiro atoms. The van der Waals surface area contributed by atoms with Crippen LogP contribution in [0.2, 0.25) is 0 Å². The SMILES string of the molecule is CC(C)(NC(=O)NC(C)(C(=O)O)c1ccccc1)C(N)=O. The van der Waals surface area contributed by atoms with Gasteiger partial charge in [-0.25, -0.2) is 9.59 Å². The summed E-state index contributed by atoms with van der Waals surface area (Å²) in [6, 6.07) is 7.46. The van der Waals surface area contributed by atoms with Crippen LogP contribution in [0.25, 0.3) is 0 Å². The van der Waals surface area contributed by atoms with Crippen LogP contribution in [0.1, 0.15) is 26.3 Å². The molecule has 0 saturated heterocycles. The van der Waals surface area contributed by atoms with Crippen LogP contribution in [0.4, 0.5) is 4.79 Å². The van der Waals surface area contributed by atoms with Crippen LogP contribution in [0, 0.1) is 0 Å². The number of hydrogen-bond donors (Lipinski definition) is 4. The van der Waals surface area contributed by atoms with Crippen molar-refractivity contribution in [2.24, 2.45) is 5.73 Å². The fourth-order valence-electron chi connectivity index (χ4n) is 1.62. The number of amides is 3. The number of hydrogen-bond acceptors (Lipinski definition) is 3. The zero-order valence-corrected chi connectivity index (χ0v) is 12.1. The standard InChI is InChI=1S/C14H19N3O4/c1-13(2,10(15)18)16-12(21)17-14(3,11(19)20)9-7-5-4-6-8-9/h4-8H,1-3H3,(H2,15,18)(H,19,20)(H2,16,17,21). The van der Waals surface area contributed by atoms with Crippen molar-refractivity contribution in [2.45, 2.75) is 31.8 Å². The first-order valence-electron chi connectivity index (χ1n) is 6.29. The van der Waals surface area contributed by atoms with Crippen molar-refractivity contribution in [3.63, 3.8) is 0 Å². The number of carbonyl (C=O) groups excluding carboxylic acids is 2. The predicted octanol–water partition coefficient (Wildman–Crippen LogP) is 0.549. The van der Waals surface area contributed by atoms with Crippen LogP contribution >= 0.6 is 0 Å². The smallest absolute Gasteiger partial charge is 0.333 e. The van der Waals surface area contributed by atoms with Crippen molar-refractivity contribution in [3.05, 3.63) is 35.9 Å². The molecule has 3 amide bonds. The quantitative estimate of drug-likeness (QED) is 0.633. The number of primary amides is 1. The van der Waals surface area contributed by atoms with E-state index in [1.807, 2.05) is 0 Å². The molecular weight excluding hydrogens is 274 g/mol. The Bertz CT molecular complexity index is 557. The summed E-state index contributed by atoms with van der Waals surface area (Å²) >= 11 is 0. The molecule has 0 bridgehead atoms. The van der Waals surface area contributed by atoms with Crippen LogP contribution in [0.3, 0.4) is 0 Å². The van der Waals surface area contributed by atoms with Crippen LogP contribution < -0.4 is 16.4 Å². The lowest BCUT2D eigenvalue weighted by molar-refractivity contribution is -0.144. The molecule has 0 aliphatic carbocycles. The number of carboxylic acid groups (broad SMARTS) is 1. The summed E-state index contributed by atoms with van der Waals surface area (Å²) in [6.45, 7) is 4.21. The average molecular weight is 293 g/mol. The van der Waals surface area contributed by atoms with Crippen LogP contribution in [-0.2, 0) is 15.1 Å². The maximum atomic E-state index is 12.0. The van der Waals surface area contributed by atoms with Crippen LogP contribution in [-0.4, -0.2) is 28.6 Å². The summed E-state index contributed by atoms with van der Waals surface area (Å²) in [6.07, 6.45) is 0. The Morgan fingerprint density at radius 1 is 1.05 bits per heavy atom. The van der Waals surface area contributed by atoms with Gasteiger partial charge in [-0.05, 0) is 26.3 Å². The molecule has 1 aromatic rings. The van der Waals surface area contributed by atoms with Crippen molar-refractivity contribution in [2.75, 3.05) is 0 Å². The van der Waals surface area contributed by atoms with E-state index in [9.17, 15) is 19.5 Å². The van der Waals surface area contributed by atoms with E-state index in [4.69, 9.17) is 5.73 Å². The number of aliphatic carboxylic acids is 1. The van der Waals surface area contributed by atoms with Crippen LogP contribution in [0.5, 0.6) is 0 Å². The molecular formula is C14H19N3O4. The third-order valence-electron chi connectivity index (χ3n) is 3.18. The highest BCUT2D eigenvalue weighted by molar-refractivity contribution is 5.91. The average Bonchev–Trinajstić information content (AvgIpc) is 2.38. The minimum Gasteiger partial charge on any atom is -0.479 e. The second kappa shape index (κ2) is 5.82. The Kier molecular flexibility index (Phi) is 4.57. The lowest BCUT2D eigenvalue weighted by atomic mass is 9.92. The molecule has 7 heteroatoms. The Morgan fingerprint density at radius 3 is 2.00 bits per heavy atom. The van der Waals surface area contributed by atoms with Crippen molar-refractivity contribution in [3.8, 4) is 0 Å². The number of urea groups is 1. The first kappa shape index (κ1) is 16.5. The number of benzene rings is 1. The van der Waals surface area contributed by atoms with E-state index >= 15 is 0 Å². The molecule has 0 radical (unpaired) electrons. The van der Waals surface area contributed by atoms with Gasteiger partial charge in [-0.2, -0.15) is 0 Å². The fourth-order valence-corrected chi connectivity index (χ4v) is 1.62. The Balaban J connectivity index is 2.98. The molecule has 0 saturated carbocycles. The lowest BCUT2D eigenvalue weighted by Gasteiger charge is -2.29. The minimum absolute atomic E-state index is 0.407. The molecule has 0 aliphatic heterocycles. The van der Waals surface area contributed by atoms with Gasteiger partial charge in [0.1, 0.15) is 5.54 Å². The predicted molar refractivity (Wildman–Crippen MR) is 76.4 cm³/mol. The van der Waals surface area contributed by atoms with E-state index in [1.54, 1.807) is 30.3 Å². The Labute approximate surface area is 122 Å². The number of carbonyl (C=O) groups is 3. The zero-order chi connectivity index (χ0) is 16.3. The van der Waals surface area contributed by atoms with Crippen molar-refractivity contribution < 1.29 is 19.5 Å². The lowest BCUT2D eigenvalue weighted by Crippen LogP contribution is -2.60. The highest BCUT2D eigenvalue weighted by atomic mass is 16.4. The maximum Gasteiger partial charge on any atom is 0.333 e. The molecule has 1 aromatic carbocycles. The highest BCUT2D eigenvalue weighted by Gasteiger charge is 2.38. The van der Waals surface area contributed by atoms with Gasteiger partial charge < -0.3 is 21.5 Å². The second-order valence-corrected chi connectivity index (χ2v) is 5.36. The molecule has 0 aliphatic rings. The van der Waals surface area contributed by atoms with Gasteiger partial charge in [0.15, 0.2) is 5.54 Å². The summed E-state index contributed by atoms with van der Waals surface area (Å²) < 4.78 is 0. The third kappa shape index (κ3) is 3.71. The molecule has 5 N–H and O–H groups in total. The number of nitrogens with two attached hydrogens (primary N) is 1. The molecule has 0 fully saturated rings. The molecule has 1 atom stereocenters. The minimum atomic E-state index is -1.63. The third-order valence-corrected chi connectivity index (χ3v) is 3.18. The van der Waals surface area contributed by atoms with Crippen molar-refractivity contribution >= 4 is 17.9 Å². The summed E-state index contributed by atoms with van der Waals surface area (Å²) in [5.41, 5.74) is 2.65. The number of carboxylic acids is 1. The first-order valence-corrected chi connectivity index (χ1v) is 6.29. The number of rotatable bonds is 5. The summed E-state index contributed by atoms with van der Waals surface area (Å²) in [5, 5.41) is 14.1. The van der Waals surface area contributed by atoms with Gasteiger partial charge in [-0.1, -0.05) is 30.3 Å². The molecule has 0 heterocycles. The molecule has 7 nitrogen and oxygen atoms in total. The second-order valence-electron chi connectivity index (χ2n) is 5.36. The van der Waals surface area contributed by atoms with Gasteiger partial charge in [-0.3, -0.25) is 4.79 Å². The Hall–Kier alpha value is -2.57. The largest absolute Gasteiger partial charge is 0.479 e. The van der Waals surface area contributed by atoms with Crippen molar-refractivity contribution in [1.29, 1.82) is 0 Å². The number of nitrogens with one attached hydrogen (secondary N) is 2. The van der Waals surface area contributed by atoms with E-state index in [1.165, 1.54) is 20.8 Å². The van der Waals surface area contributed by atoms with E-state index < -0.39 is 29.0 Å². The first-order chi connectivity index (χ1) is 9.59. The Morgan fingerprint density at radius 2 is 1.57 bits per heavy atom. The molecule has 114 valence electrons. The molecule has 21 heavy (non-hydrogen) atoms. The topological polar surface area (TPSA) is 122 Å². The summed E-state index contributed by atoms with van der Waals surface area (Å²) in [5.74, 6) is -1.95. The summed E-state index contributed by atoms with van der Waals surface area (Å²) in [4.78, 5) is 34.7. The monoisotopic (exact) mass is 293 g/mol. The van der Waals surface area contributed by atoms with Gasteiger partial charge in [0.25, 0.3) is 0 Å². The van der Waals surface area contributed by atoms with Gasteiger partial charge in [0, 0.05) is 0 Å². The van der Waals surface area contributed by atoms with Crippen LogP contribution in [0.15, 0.2) is 30.3 Å². The van der Waals surface area contributed by atoms with Gasteiger partial charge in [0.2, 0.25) is 5.91 Å². The van der Waals surface area contributed by atoms with E-state index in [0.29, 0.717) is 5.56 Å². The van der Waals surface area contributed by atoms with E-state index in [-0.39, 0.29) is 0 Å². The van der Waals surface area contributed by atoms with Gasteiger partial charge >= 0.3 is 12.0 Å². The van der Waals surface area contributed by atoms with Gasteiger partial charge in [-0.15, -0.1) is 0 Å². The normalized spacial score (nSPS) is 13.9. The fraction of sp³-hybridized carbons (Fsp3) is 0.357.